The summed E-state index contributed by atoms with van der Waals surface area (Å²) in [5.41, 5.74) is -0.0495. The van der Waals surface area contributed by atoms with Crippen LogP contribution in [0.4, 0.5) is 24.5 Å². The van der Waals surface area contributed by atoms with Gasteiger partial charge in [0.25, 0.3) is 5.91 Å². The van der Waals surface area contributed by atoms with Gasteiger partial charge in [0.1, 0.15) is 0 Å². The van der Waals surface area contributed by atoms with Crippen molar-refractivity contribution < 1.29 is 27.4 Å². The Hall–Kier alpha value is -2.61. The molecule has 0 saturated carbocycles. The van der Waals surface area contributed by atoms with Gasteiger partial charge in [0.2, 0.25) is 0 Å². The van der Waals surface area contributed by atoms with Crippen molar-refractivity contribution in [2.75, 3.05) is 37.5 Å². The molecule has 0 unspecified atom stereocenters. The Labute approximate surface area is 171 Å². The second-order valence-electron chi connectivity index (χ2n) is 6.57. The van der Waals surface area contributed by atoms with Crippen LogP contribution >= 0.6 is 11.6 Å². The Morgan fingerprint density at radius 2 is 1.79 bits per heavy atom. The number of hydrogen-bond acceptors (Lipinski definition) is 4. The second kappa shape index (κ2) is 8.41. The van der Waals surface area contributed by atoms with Gasteiger partial charge in [0.15, 0.2) is 11.5 Å². The molecule has 1 fully saturated rings. The molecular formula is C20H20ClF3N2O3. The highest BCUT2D eigenvalue weighted by Gasteiger charge is 2.32. The third-order valence-electron chi connectivity index (χ3n) is 4.71. The Morgan fingerprint density at radius 3 is 2.38 bits per heavy atom. The fraction of sp³-hybridized carbons (Fsp3) is 0.350. The van der Waals surface area contributed by atoms with Crippen LogP contribution in [0, 0.1) is 0 Å². The zero-order valence-electron chi connectivity index (χ0n) is 15.9. The highest BCUT2D eigenvalue weighted by Crippen LogP contribution is 2.38. The van der Waals surface area contributed by atoms with Crippen LogP contribution in [0.2, 0.25) is 5.02 Å². The van der Waals surface area contributed by atoms with Crippen LogP contribution in [0.25, 0.3) is 0 Å². The van der Waals surface area contributed by atoms with E-state index in [9.17, 15) is 18.0 Å². The van der Waals surface area contributed by atoms with Crippen molar-refractivity contribution in [3.63, 3.8) is 0 Å². The quantitative estimate of drug-likeness (QED) is 0.708. The Kier molecular flexibility index (Phi) is 6.12. The van der Waals surface area contributed by atoms with Crippen molar-refractivity contribution in [1.82, 2.24) is 0 Å². The molecule has 156 valence electrons. The largest absolute Gasteiger partial charge is 0.493 e. The first-order valence-electron chi connectivity index (χ1n) is 8.93. The lowest BCUT2D eigenvalue weighted by Crippen LogP contribution is -2.22. The average molecular weight is 429 g/mol. The number of methoxy groups -OCH3 is 2. The van der Waals surface area contributed by atoms with Crippen LogP contribution in [0.3, 0.4) is 0 Å². The van der Waals surface area contributed by atoms with Gasteiger partial charge < -0.3 is 19.7 Å². The number of anilines is 2. The molecule has 29 heavy (non-hydrogen) atoms. The lowest BCUT2D eigenvalue weighted by atomic mass is 10.1. The molecule has 1 saturated heterocycles. The fourth-order valence-electron chi connectivity index (χ4n) is 3.29. The molecule has 0 aliphatic carbocycles. The molecule has 5 nitrogen and oxygen atoms in total. The fourth-order valence-corrected chi connectivity index (χ4v) is 3.58. The van der Waals surface area contributed by atoms with E-state index in [2.05, 4.69) is 5.32 Å². The molecule has 0 spiro atoms. The molecule has 1 heterocycles. The van der Waals surface area contributed by atoms with Crippen molar-refractivity contribution in [2.24, 2.45) is 0 Å². The maximum Gasteiger partial charge on any atom is 0.416 e. The molecule has 9 heteroatoms. The van der Waals surface area contributed by atoms with Gasteiger partial charge in [0.05, 0.1) is 36.2 Å². The lowest BCUT2D eigenvalue weighted by Gasteiger charge is -2.23. The molecular weight excluding hydrogens is 409 g/mol. The molecule has 2 aromatic carbocycles. The van der Waals surface area contributed by atoms with Crippen LogP contribution in [-0.2, 0) is 6.18 Å². The number of amides is 1. The standard InChI is InChI=1S/C20H20ClF3N2O3/c1-28-17-10-12(9-14(21)18(17)29-2)19(27)25-15-11-13(20(22,23)24)5-6-16(15)26-7-3-4-8-26/h5-6,9-11H,3-4,7-8H2,1-2H3,(H,25,27). The minimum Gasteiger partial charge on any atom is -0.493 e. The van der Waals surface area contributed by atoms with E-state index in [4.69, 9.17) is 21.1 Å². The number of ether oxygens (including phenoxy) is 2. The van der Waals surface area contributed by atoms with Crippen LogP contribution in [-0.4, -0.2) is 33.2 Å². The number of hydrogen-bond donors (Lipinski definition) is 1. The van der Waals surface area contributed by atoms with Crippen molar-refractivity contribution >= 4 is 28.9 Å². The topological polar surface area (TPSA) is 50.8 Å². The predicted octanol–water partition coefficient (Wildman–Crippen LogP) is 5.23. The number of nitrogens with zero attached hydrogens (tertiary/aromatic N) is 1. The van der Waals surface area contributed by atoms with E-state index in [-0.39, 0.29) is 27.8 Å². The number of nitrogens with one attached hydrogen (secondary N) is 1. The first-order chi connectivity index (χ1) is 13.7. The minimum atomic E-state index is -4.52. The Balaban J connectivity index is 1.97. The predicted molar refractivity (Wildman–Crippen MR) is 105 cm³/mol. The molecule has 2 aromatic rings. The van der Waals surface area contributed by atoms with E-state index in [0.717, 1.165) is 38.1 Å². The van der Waals surface area contributed by atoms with Crippen molar-refractivity contribution in [3.05, 3.63) is 46.5 Å². The summed E-state index contributed by atoms with van der Waals surface area (Å²) in [6, 6.07) is 6.17. The van der Waals surface area contributed by atoms with E-state index >= 15 is 0 Å². The maximum atomic E-state index is 13.2. The van der Waals surface area contributed by atoms with Gasteiger partial charge in [0, 0.05) is 18.7 Å². The van der Waals surface area contributed by atoms with Gasteiger partial charge in [-0.1, -0.05) is 11.6 Å². The third kappa shape index (κ3) is 4.53. The lowest BCUT2D eigenvalue weighted by molar-refractivity contribution is -0.137. The molecule has 0 radical (unpaired) electrons. The van der Waals surface area contributed by atoms with Crippen molar-refractivity contribution in [2.45, 2.75) is 19.0 Å². The number of rotatable bonds is 5. The summed E-state index contributed by atoms with van der Waals surface area (Å²) in [5.74, 6) is -0.0934. The summed E-state index contributed by atoms with van der Waals surface area (Å²) >= 11 is 6.14. The van der Waals surface area contributed by atoms with E-state index < -0.39 is 17.6 Å². The third-order valence-corrected chi connectivity index (χ3v) is 5.00. The van der Waals surface area contributed by atoms with Gasteiger partial charge in [-0.05, 0) is 43.2 Å². The monoisotopic (exact) mass is 428 g/mol. The van der Waals surface area contributed by atoms with Gasteiger partial charge in [-0.25, -0.2) is 0 Å². The van der Waals surface area contributed by atoms with Crippen LogP contribution < -0.4 is 19.7 Å². The van der Waals surface area contributed by atoms with Crippen molar-refractivity contribution in [1.29, 1.82) is 0 Å². The molecule has 0 atom stereocenters. The number of carbonyl (C=O) groups is 1. The van der Waals surface area contributed by atoms with Crippen LogP contribution in [0.5, 0.6) is 11.5 Å². The number of carbonyl (C=O) groups excluding carboxylic acids is 1. The Morgan fingerprint density at radius 1 is 1.10 bits per heavy atom. The van der Waals surface area contributed by atoms with Crippen molar-refractivity contribution in [3.8, 4) is 11.5 Å². The minimum absolute atomic E-state index is 0.0950. The summed E-state index contributed by atoms with van der Waals surface area (Å²) in [6.45, 7) is 1.44. The van der Waals surface area contributed by atoms with Gasteiger partial charge in [-0.15, -0.1) is 0 Å². The van der Waals surface area contributed by atoms with Crippen LogP contribution in [0.1, 0.15) is 28.8 Å². The first-order valence-corrected chi connectivity index (χ1v) is 9.31. The molecule has 1 aliphatic heterocycles. The van der Waals surface area contributed by atoms with E-state index in [1.165, 1.54) is 32.4 Å². The maximum absolute atomic E-state index is 13.2. The zero-order chi connectivity index (χ0) is 21.2. The summed E-state index contributed by atoms with van der Waals surface area (Å²) < 4.78 is 49.9. The smallest absolute Gasteiger partial charge is 0.416 e. The van der Waals surface area contributed by atoms with E-state index in [0.29, 0.717) is 5.69 Å². The second-order valence-corrected chi connectivity index (χ2v) is 6.98. The molecule has 0 aromatic heterocycles. The molecule has 3 rings (SSSR count). The highest BCUT2D eigenvalue weighted by atomic mass is 35.5. The molecule has 0 bridgehead atoms. The number of halogens is 4. The average Bonchev–Trinajstić information content (AvgIpc) is 3.21. The normalized spacial score (nSPS) is 14.1. The summed E-state index contributed by atoms with van der Waals surface area (Å²) in [7, 11) is 2.81. The number of alkyl halides is 3. The highest BCUT2D eigenvalue weighted by molar-refractivity contribution is 6.32. The van der Waals surface area contributed by atoms with E-state index in [1.807, 2.05) is 4.90 Å². The molecule has 1 amide bonds. The van der Waals surface area contributed by atoms with Gasteiger partial charge in [-0.3, -0.25) is 4.79 Å². The zero-order valence-corrected chi connectivity index (χ0v) is 16.7. The van der Waals surface area contributed by atoms with Gasteiger partial charge >= 0.3 is 6.18 Å². The van der Waals surface area contributed by atoms with Gasteiger partial charge in [-0.2, -0.15) is 13.2 Å². The summed E-state index contributed by atoms with van der Waals surface area (Å²) in [4.78, 5) is 14.8. The number of benzene rings is 2. The molecule has 1 N–H and O–H groups in total. The summed E-state index contributed by atoms with van der Waals surface area (Å²) in [5, 5.41) is 2.75. The first kappa shape index (κ1) is 21.1. The SMILES string of the molecule is COc1cc(C(=O)Nc2cc(C(F)(F)F)ccc2N2CCCC2)cc(Cl)c1OC. The van der Waals surface area contributed by atoms with E-state index in [1.54, 1.807) is 0 Å². The summed E-state index contributed by atoms with van der Waals surface area (Å²) in [6.07, 6.45) is -2.63. The molecule has 1 aliphatic rings. The van der Waals surface area contributed by atoms with Crippen LogP contribution in [0.15, 0.2) is 30.3 Å². The Bertz CT molecular complexity index is 913.